The molecule has 1 aromatic rings. The second-order valence-corrected chi connectivity index (χ2v) is 4.92. The Morgan fingerprint density at radius 1 is 1.25 bits per heavy atom. The van der Waals surface area contributed by atoms with E-state index in [1.54, 1.807) is 0 Å². The van der Waals surface area contributed by atoms with Crippen LogP contribution in [-0.2, 0) is 0 Å². The van der Waals surface area contributed by atoms with Gasteiger partial charge < -0.3 is 11.1 Å². The lowest BCUT2D eigenvalue weighted by atomic mass is 9.91. The molecule has 0 radical (unpaired) electrons. The van der Waals surface area contributed by atoms with Gasteiger partial charge in [0.05, 0.1) is 0 Å². The summed E-state index contributed by atoms with van der Waals surface area (Å²) in [4.78, 5) is 0. The van der Waals surface area contributed by atoms with Crippen molar-refractivity contribution in [2.45, 2.75) is 50.7 Å². The number of nitrogens with one attached hydrogen (secondary N) is 1. The highest BCUT2D eigenvalue weighted by atomic mass is 15.0. The topological polar surface area (TPSA) is 38.0 Å². The van der Waals surface area contributed by atoms with Gasteiger partial charge in [0.2, 0.25) is 0 Å². The average molecular weight is 218 g/mol. The number of nitrogens with two attached hydrogens (primary N) is 1. The molecular weight excluding hydrogens is 196 g/mol. The van der Waals surface area contributed by atoms with Crippen LogP contribution in [0, 0.1) is 0 Å². The number of benzene rings is 1. The average Bonchev–Trinajstić information content (AvgIpc) is 2.30. The molecule has 3 atom stereocenters. The van der Waals surface area contributed by atoms with Gasteiger partial charge in [0.15, 0.2) is 0 Å². The quantitative estimate of drug-likeness (QED) is 0.818. The zero-order valence-corrected chi connectivity index (χ0v) is 10.0. The summed E-state index contributed by atoms with van der Waals surface area (Å²) in [5.41, 5.74) is 7.36. The molecule has 0 bridgehead atoms. The standard InChI is InChI=1S/C14H22N2/c1-11(12-6-3-2-4-7-12)16-14-9-5-8-13(15)10-14/h2-4,6-7,11,13-14,16H,5,8-10,15H2,1H3/t11-,13?,14?/m1/s1. The van der Waals surface area contributed by atoms with E-state index in [-0.39, 0.29) is 0 Å². The molecule has 0 aromatic heterocycles. The van der Waals surface area contributed by atoms with Crippen molar-refractivity contribution in [3.8, 4) is 0 Å². The van der Waals surface area contributed by atoms with E-state index in [4.69, 9.17) is 5.73 Å². The van der Waals surface area contributed by atoms with Gasteiger partial charge in [-0.25, -0.2) is 0 Å². The first kappa shape index (κ1) is 11.6. The minimum atomic E-state index is 0.397. The highest BCUT2D eigenvalue weighted by Gasteiger charge is 2.20. The minimum Gasteiger partial charge on any atom is -0.328 e. The lowest BCUT2D eigenvalue weighted by Gasteiger charge is -2.30. The Morgan fingerprint density at radius 3 is 2.69 bits per heavy atom. The fourth-order valence-corrected chi connectivity index (χ4v) is 2.57. The van der Waals surface area contributed by atoms with Gasteiger partial charge in [-0.05, 0) is 31.7 Å². The summed E-state index contributed by atoms with van der Waals surface area (Å²) < 4.78 is 0. The van der Waals surface area contributed by atoms with Crippen molar-refractivity contribution in [1.29, 1.82) is 0 Å². The Labute approximate surface area is 98.2 Å². The number of hydrogen-bond acceptors (Lipinski definition) is 2. The molecule has 1 fully saturated rings. The third-order valence-corrected chi connectivity index (χ3v) is 3.50. The number of rotatable bonds is 3. The zero-order valence-electron chi connectivity index (χ0n) is 10.0. The minimum absolute atomic E-state index is 0.397. The van der Waals surface area contributed by atoms with Crippen molar-refractivity contribution in [2.24, 2.45) is 5.73 Å². The zero-order chi connectivity index (χ0) is 11.4. The van der Waals surface area contributed by atoms with Crippen LogP contribution in [0.25, 0.3) is 0 Å². The van der Waals surface area contributed by atoms with Gasteiger partial charge in [-0.1, -0.05) is 36.8 Å². The molecule has 2 nitrogen and oxygen atoms in total. The van der Waals surface area contributed by atoms with E-state index in [1.165, 1.54) is 24.8 Å². The first-order valence-electron chi connectivity index (χ1n) is 6.32. The summed E-state index contributed by atoms with van der Waals surface area (Å²) in [7, 11) is 0. The Kier molecular flexibility index (Phi) is 3.97. The molecule has 0 spiro atoms. The van der Waals surface area contributed by atoms with Crippen LogP contribution in [0.2, 0.25) is 0 Å². The summed E-state index contributed by atoms with van der Waals surface area (Å²) in [5.74, 6) is 0. The molecule has 2 unspecified atom stereocenters. The van der Waals surface area contributed by atoms with Crippen molar-refractivity contribution in [3.63, 3.8) is 0 Å². The fourth-order valence-electron chi connectivity index (χ4n) is 2.57. The van der Waals surface area contributed by atoms with E-state index in [0.717, 1.165) is 6.42 Å². The normalized spacial score (nSPS) is 27.6. The van der Waals surface area contributed by atoms with E-state index in [9.17, 15) is 0 Å². The van der Waals surface area contributed by atoms with Gasteiger partial charge in [0, 0.05) is 18.1 Å². The van der Waals surface area contributed by atoms with E-state index in [2.05, 4.69) is 42.6 Å². The highest BCUT2D eigenvalue weighted by Crippen LogP contribution is 2.20. The van der Waals surface area contributed by atoms with Crippen LogP contribution in [0.15, 0.2) is 30.3 Å². The molecule has 0 aliphatic heterocycles. The summed E-state index contributed by atoms with van der Waals surface area (Å²) in [6, 6.07) is 12.0. The molecule has 2 rings (SSSR count). The highest BCUT2D eigenvalue weighted by molar-refractivity contribution is 5.18. The predicted octanol–water partition coefficient (Wildman–Crippen LogP) is 2.61. The van der Waals surface area contributed by atoms with Crippen molar-refractivity contribution < 1.29 is 0 Å². The van der Waals surface area contributed by atoms with E-state index >= 15 is 0 Å². The van der Waals surface area contributed by atoms with Crippen molar-refractivity contribution >= 4 is 0 Å². The third kappa shape index (κ3) is 3.06. The molecule has 2 heteroatoms. The molecule has 0 amide bonds. The summed E-state index contributed by atoms with van der Waals surface area (Å²) in [6.45, 7) is 2.23. The van der Waals surface area contributed by atoms with Crippen molar-refractivity contribution in [2.75, 3.05) is 0 Å². The predicted molar refractivity (Wildman–Crippen MR) is 68.2 cm³/mol. The molecule has 1 aromatic carbocycles. The van der Waals surface area contributed by atoms with E-state index in [1.807, 2.05) is 0 Å². The molecule has 1 saturated carbocycles. The Morgan fingerprint density at radius 2 is 2.00 bits per heavy atom. The lowest BCUT2D eigenvalue weighted by Crippen LogP contribution is -2.40. The summed E-state index contributed by atoms with van der Waals surface area (Å²) >= 11 is 0. The van der Waals surface area contributed by atoms with Crippen LogP contribution in [0.4, 0.5) is 0 Å². The second-order valence-electron chi connectivity index (χ2n) is 4.92. The van der Waals surface area contributed by atoms with Gasteiger partial charge >= 0.3 is 0 Å². The van der Waals surface area contributed by atoms with Crippen LogP contribution in [-0.4, -0.2) is 12.1 Å². The molecule has 88 valence electrons. The monoisotopic (exact) mass is 218 g/mol. The van der Waals surface area contributed by atoms with E-state index in [0.29, 0.717) is 18.1 Å². The van der Waals surface area contributed by atoms with Crippen LogP contribution >= 0.6 is 0 Å². The maximum Gasteiger partial charge on any atom is 0.0294 e. The first-order chi connectivity index (χ1) is 7.75. The van der Waals surface area contributed by atoms with Gasteiger partial charge in [-0.3, -0.25) is 0 Å². The third-order valence-electron chi connectivity index (χ3n) is 3.50. The van der Waals surface area contributed by atoms with Crippen molar-refractivity contribution in [1.82, 2.24) is 5.32 Å². The maximum absolute atomic E-state index is 6.00. The van der Waals surface area contributed by atoms with Crippen LogP contribution < -0.4 is 11.1 Å². The fraction of sp³-hybridized carbons (Fsp3) is 0.571. The van der Waals surface area contributed by atoms with Gasteiger partial charge in [0.1, 0.15) is 0 Å². The van der Waals surface area contributed by atoms with Gasteiger partial charge in [-0.2, -0.15) is 0 Å². The lowest BCUT2D eigenvalue weighted by molar-refractivity contribution is 0.319. The van der Waals surface area contributed by atoms with Gasteiger partial charge in [0.25, 0.3) is 0 Å². The molecule has 1 aliphatic rings. The molecule has 0 saturated heterocycles. The largest absolute Gasteiger partial charge is 0.328 e. The molecular formula is C14H22N2. The second kappa shape index (κ2) is 5.46. The smallest absolute Gasteiger partial charge is 0.0294 e. The summed E-state index contributed by atoms with van der Waals surface area (Å²) in [6.07, 6.45) is 4.85. The van der Waals surface area contributed by atoms with Crippen LogP contribution in [0.5, 0.6) is 0 Å². The number of hydrogen-bond donors (Lipinski definition) is 2. The first-order valence-corrected chi connectivity index (χ1v) is 6.32. The Hall–Kier alpha value is -0.860. The summed E-state index contributed by atoms with van der Waals surface area (Å²) in [5, 5.41) is 3.69. The Bertz CT molecular complexity index is 310. The van der Waals surface area contributed by atoms with Crippen LogP contribution in [0.1, 0.15) is 44.2 Å². The van der Waals surface area contributed by atoms with E-state index < -0.39 is 0 Å². The molecule has 3 N–H and O–H groups in total. The van der Waals surface area contributed by atoms with Crippen molar-refractivity contribution in [3.05, 3.63) is 35.9 Å². The Balaban J connectivity index is 1.89. The maximum atomic E-state index is 6.00. The van der Waals surface area contributed by atoms with Gasteiger partial charge in [-0.15, -0.1) is 0 Å². The molecule has 16 heavy (non-hydrogen) atoms. The van der Waals surface area contributed by atoms with Crippen LogP contribution in [0.3, 0.4) is 0 Å². The molecule has 1 aliphatic carbocycles. The molecule has 0 heterocycles. The SMILES string of the molecule is C[C@@H](NC1CCCC(N)C1)c1ccccc1.